The summed E-state index contributed by atoms with van der Waals surface area (Å²) >= 11 is 0. The highest BCUT2D eigenvalue weighted by atomic mass is 19.3. The molecule has 0 heterocycles. The summed E-state index contributed by atoms with van der Waals surface area (Å²) in [4.78, 5) is 11.1. The predicted molar refractivity (Wildman–Crippen MR) is 50.9 cm³/mol. The number of nitriles is 1. The molecular weight excluding hydrogens is 200 g/mol. The summed E-state index contributed by atoms with van der Waals surface area (Å²) in [6.07, 6.45) is -2.63. The number of alkyl halides is 2. The molecule has 0 aliphatic carbocycles. The summed E-state index contributed by atoms with van der Waals surface area (Å²) in [5.41, 5.74) is 0.327. The number of rotatable bonds is 2. The monoisotopic (exact) mass is 209 g/mol. The topological polar surface area (TPSA) is 40.9 Å². The van der Waals surface area contributed by atoms with Crippen LogP contribution in [-0.4, -0.2) is 5.78 Å². The van der Waals surface area contributed by atoms with Gasteiger partial charge in [-0.25, -0.2) is 8.78 Å². The van der Waals surface area contributed by atoms with Crippen LogP contribution in [0, 0.1) is 18.3 Å². The van der Waals surface area contributed by atoms with Crippen molar-refractivity contribution in [2.24, 2.45) is 0 Å². The van der Waals surface area contributed by atoms with Gasteiger partial charge in [0.2, 0.25) is 0 Å². The molecule has 15 heavy (non-hydrogen) atoms. The van der Waals surface area contributed by atoms with Crippen molar-refractivity contribution in [2.75, 3.05) is 0 Å². The van der Waals surface area contributed by atoms with E-state index in [2.05, 4.69) is 0 Å². The van der Waals surface area contributed by atoms with E-state index in [1.165, 1.54) is 19.9 Å². The number of benzene rings is 1. The Bertz CT molecular complexity index is 447. The largest absolute Gasteiger partial charge is 0.294 e. The van der Waals surface area contributed by atoms with Gasteiger partial charge in [0.25, 0.3) is 6.43 Å². The lowest BCUT2D eigenvalue weighted by molar-refractivity contribution is 0.101. The first-order valence-corrected chi connectivity index (χ1v) is 4.31. The van der Waals surface area contributed by atoms with Crippen molar-refractivity contribution in [1.29, 1.82) is 5.26 Å². The minimum atomic E-state index is -2.63. The number of aryl methyl sites for hydroxylation is 1. The Labute approximate surface area is 86.1 Å². The van der Waals surface area contributed by atoms with Gasteiger partial charge in [0, 0.05) is 11.1 Å². The maximum absolute atomic E-state index is 12.5. The maximum Gasteiger partial charge on any atom is 0.264 e. The van der Waals surface area contributed by atoms with Gasteiger partial charge >= 0.3 is 0 Å². The minimum Gasteiger partial charge on any atom is -0.294 e. The van der Waals surface area contributed by atoms with Crippen molar-refractivity contribution in [3.05, 3.63) is 34.4 Å². The molecule has 0 atom stereocenters. The smallest absolute Gasteiger partial charge is 0.264 e. The fourth-order valence-corrected chi connectivity index (χ4v) is 1.34. The van der Waals surface area contributed by atoms with E-state index in [-0.39, 0.29) is 22.5 Å². The van der Waals surface area contributed by atoms with Gasteiger partial charge in [0.1, 0.15) is 0 Å². The lowest BCUT2D eigenvalue weighted by Crippen LogP contribution is -2.01. The maximum atomic E-state index is 12.5. The molecule has 0 saturated carbocycles. The molecule has 2 nitrogen and oxygen atoms in total. The van der Waals surface area contributed by atoms with Gasteiger partial charge < -0.3 is 0 Å². The third kappa shape index (κ3) is 2.18. The Balaban J connectivity index is 3.45. The molecule has 1 aromatic carbocycles. The van der Waals surface area contributed by atoms with Crippen molar-refractivity contribution in [1.82, 2.24) is 0 Å². The Hall–Kier alpha value is -1.76. The summed E-state index contributed by atoms with van der Waals surface area (Å²) in [7, 11) is 0. The van der Waals surface area contributed by atoms with Crippen LogP contribution in [0.25, 0.3) is 0 Å². The molecule has 0 unspecified atom stereocenters. The summed E-state index contributed by atoms with van der Waals surface area (Å²) in [5.74, 6) is -0.381. The van der Waals surface area contributed by atoms with E-state index in [1.807, 2.05) is 6.07 Å². The molecule has 0 spiro atoms. The van der Waals surface area contributed by atoms with Gasteiger partial charge in [0.05, 0.1) is 11.6 Å². The van der Waals surface area contributed by atoms with Crippen molar-refractivity contribution in [3.8, 4) is 6.07 Å². The molecule has 0 fully saturated rings. The average molecular weight is 209 g/mol. The fourth-order valence-electron chi connectivity index (χ4n) is 1.34. The number of carbonyl (C=O) groups is 1. The zero-order valence-electron chi connectivity index (χ0n) is 8.34. The molecule has 0 radical (unpaired) electrons. The van der Waals surface area contributed by atoms with E-state index in [1.54, 1.807) is 0 Å². The molecule has 1 rings (SSSR count). The van der Waals surface area contributed by atoms with Crippen LogP contribution in [0.5, 0.6) is 0 Å². The fraction of sp³-hybridized carbons (Fsp3) is 0.273. The number of Topliss-reactive ketones (excluding diaryl/α,β-unsaturated/α-hetero) is 1. The number of hydrogen-bond donors (Lipinski definition) is 0. The predicted octanol–water partition coefficient (Wildman–Crippen LogP) is 3.01. The highest BCUT2D eigenvalue weighted by Crippen LogP contribution is 2.25. The molecule has 1 aromatic rings. The molecule has 0 amide bonds. The van der Waals surface area contributed by atoms with E-state index in [4.69, 9.17) is 5.26 Å². The minimum absolute atomic E-state index is 0.0541. The van der Waals surface area contributed by atoms with E-state index in [9.17, 15) is 13.6 Å². The third-order valence-corrected chi connectivity index (χ3v) is 2.14. The molecule has 0 aliphatic heterocycles. The number of halogens is 2. The van der Waals surface area contributed by atoms with Crippen LogP contribution in [0.15, 0.2) is 12.1 Å². The number of nitrogens with zero attached hydrogens (tertiary/aromatic N) is 1. The van der Waals surface area contributed by atoms with E-state index < -0.39 is 6.43 Å². The molecule has 0 aromatic heterocycles. The first kappa shape index (κ1) is 11.3. The van der Waals surface area contributed by atoms with E-state index in [0.717, 1.165) is 6.07 Å². The summed E-state index contributed by atoms with van der Waals surface area (Å²) in [6.45, 7) is 2.74. The van der Waals surface area contributed by atoms with Crippen LogP contribution in [0.3, 0.4) is 0 Å². The van der Waals surface area contributed by atoms with Gasteiger partial charge in [0.15, 0.2) is 5.78 Å². The van der Waals surface area contributed by atoms with Gasteiger partial charge in [-0.05, 0) is 31.5 Å². The van der Waals surface area contributed by atoms with Crippen LogP contribution in [0.4, 0.5) is 8.78 Å². The van der Waals surface area contributed by atoms with Gasteiger partial charge in [-0.1, -0.05) is 0 Å². The molecule has 0 N–H and O–H groups in total. The Kier molecular flexibility index (Phi) is 3.15. The second-order valence-electron chi connectivity index (χ2n) is 3.22. The SMILES string of the molecule is CC(=O)c1cc(C(F)F)c(C)cc1C#N. The Morgan fingerprint density at radius 1 is 1.47 bits per heavy atom. The summed E-state index contributed by atoms with van der Waals surface area (Å²) in [5, 5.41) is 8.73. The summed E-state index contributed by atoms with van der Waals surface area (Å²) in [6, 6.07) is 4.23. The molecule has 4 heteroatoms. The van der Waals surface area contributed by atoms with Gasteiger partial charge in [-0.2, -0.15) is 5.26 Å². The highest BCUT2D eigenvalue weighted by molar-refractivity contribution is 5.96. The highest BCUT2D eigenvalue weighted by Gasteiger charge is 2.16. The van der Waals surface area contributed by atoms with E-state index >= 15 is 0 Å². The first-order chi connectivity index (χ1) is 6.97. The van der Waals surface area contributed by atoms with Crippen molar-refractivity contribution < 1.29 is 13.6 Å². The second-order valence-corrected chi connectivity index (χ2v) is 3.22. The van der Waals surface area contributed by atoms with Crippen LogP contribution in [0.1, 0.15) is 40.4 Å². The zero-order valence-corrected chi connectivity index (χ0v) is 8.34. The number of carbonyl (C=O) groups excluding carboxylic acids is 1. The second kappa shape index (κ2) is 4.18. The molecule has 0 bridgehead atoms. The Morgan fingerprint density at radius 3 is 2.47 bits per heavy atom. The number of hydrogen-bond acceptors (Lipinski definition) is 2. The van der Waals surface area contributed by atoms with Crippen molar-refractivity contribution in [3.63, 3.8) is 0 Å². The third-order valence-electron chi connectivity index (χ3n) is 2.14. The quantitative estimate of drug-likeness (QED) is 0.702. The average Bonchev–Trinajstić information content (AvgIpc) is 2.16. The molecule has 78 valence electrons. The normalized spacial score (nSPS) is 10.1. The van der Waals surface area contributed by atoms with Crippen molar-refractivity contribution in [2.45, 2.75) is 20.3 Å². The summed E-state index contributed by atoms with van der Waals surface area (Å²) < 4.78 is 25.0. The van der Waals surface area contributed by atoms with Crippen LogP contribution in [0.2, 0.25) is 0 Å². The van der Waals surface area contributed by atoms with Crippen LogP contribution in [-0.2, 0) is 0 Å². The van der Waals surface area contributed by atoms with Gasteiger partial charge in [-0.3, -0.25) is 4.79 Å². The Morgan fingerprint density at radius 2 is 2.07 bits per heavy atom. The van der Waals surface area contributed by atoms with Crippen molar-refractivity contribution >= 4 is 5.78 Å². The van der Waals surface area contributed by atoms with E-state index in [0.29, 0.717) is 5.56 Å². The van der Waals surface area contributed by atoms with Gasteiger partial charge in [-0.15, -0.1) is 0 Å². The van der Waals surface area contributed by atoms with Crippen LogP contribution < -0.4 is 0 Å². The molecule has 0 saturated heterocycles. The first-order valence-electron chi connectivity index (χ1n) is 4.31. The number of ketones is 1. The van der Waals surface area contributed by atoms with Crippen LogP contribution >= 0.6 is 0 Å². The lowest BCUT2D eigenvalue weighted by atomic mass is 9.98. The zero-order chi connectivity index (χ0) is 11.6. The molecule has 0 aliphatic rings. The lowest BCUT2D eigenvalue weighted by Gasteiger charge is -2.08. The standard InChI is InChI=1S/C11H9F2NO/c1-6-3-8(5-14)10(7(2)15)4-9(6)11(12)13/h3-4,11H,1-2H3. The molecular formula is C11H9F2NO.